The van der Waals surface area contributed by atoms with Gasteiger partial charge in [0, 0.05) is 25.6 Å². The Morgan fingerprint density at radius 2 is 1.92 bits per heavy atom. The fourth-order valence-electron chi connectivity index (χ4n) is 2.04. The number of aliphatic carboxylic acids is 1. The van der Waals surface area contributed by atoms with Gasteiger partial charge in [0.05, 0.1) is 0 Å². The van der Waals surface area contributed by atoms with Crippen molar-refractivity contribution < 1.29 is 42.3 Å². The van der Waals surface area contributed by atoms with Gasteiger partial charge >= 0.3 is 12.1 Å². The van der Waals surface area contributed by atoms with E-state index in [-0.39, 0.29) is 18.5 Å². The highest BCUT2D eigenvalue weighted by molar-refractivity contribution is 6.18. The summed E-state index contributed by atoms with van der Waals surface area (Å²) in [6.07, 6.45) is -3.68. The van der Waals surface area contributed by atoms with Crippen LogP contribution in [0, 0.1) is 0 Å². The van der Waals surface area contributed by atoms with Gasteiger partial charge in [-0.05, 0) is 6.42 Å². The molecule has 0 saturated carbocycles. The Morgan fingerprint density at radius 1 is 1.35 bits per heavy atom. The highest BCUT2D eigenvalue weighted by Crippen LogP contribution is 2.19. The Balaban J connectivity index is 0.000000412. The summed E-state index contributed by atoms with van der Waals surface area (Å²) in [4.78, 5) is 56.3. The molecule has 0 aliphatic carbocycles. The van der Waals surface area contributed by atoms with E-state index in [0.717, 1.165) is 11.0 Å². The van der Waals surface area contributed by atoms with Crippen LogP contribution in [0.5, 0.6) is 0 Å². The Bertz CT molecular complexity index is 661. The molecular weight excluding hydrogens is 365 g/mol. The maximum Gasteiger partial charge on any atom is 0.490 e. The van der Waals surface area contributed by atoms with Crippen LogP contribution in [0.2, 0.25) is 0 Å². The summed E-state index contributed by atoms with van der Waals surface area (Å²) in [6, 6.07) is -0.925. The molecule has 1 unspecified atom stereocenters. The number of rotatable bonds is 4. The number of nitrogens with zero attached hydrogens (tertiary/aromatic N) is 1. The molecule has 0 aromatic heterocycles. The number of halogens is 3. The third kappa shape index (κ3) is 5.27. The molecule has 13 heteroatoms. The van der Waals surface area contributed by atoms with Crippen LogP contribution >= 0.6 is 0 Å². The largest absolute Gasteiger partial charge is 0.490 e. The van der Waals surface area contributed by atoms with E-state index in [1.54, 1.807) is 0 Å². The molecule has 1 fully saturated rings. The van der Waals surface area contributed by atoms with Crippen LogP contribution in [0.1, 0.15) is 12.8 Å². The first-order valence-corrected chi connectivity index (χ1v) is 7.16. The molecule has 2 aliphatic heterocycles. The predicted molar refractivity (Wildman–Crippen MR) is 76.9 cm³/mol. The first kappa shape index (κ1) is 21.1. The van der Waals surface area contributed by atoms with Crippen molar-refractivity contribution in [2.75, 3.05) is 13.1 Å². The molecule has 4 amide bonds. The van der Waals surface area contributed by atoms with Crippen LogP contribution in [0.15, 0.2) is 11.8 Å². The van der Waals surface area contributed by atoms with E-state index in [0.29, 0.717) is 13.1 Å². The number of carboxylic acids is 1. The highest BCUT2D eigenvalue weighted by Gasteiger charge is 2.42. The van der Waals surface area contributed by atoms with Crippen molar-refractivity contribution in [1.29, 1.82) is 0 Å². The summed E-state index contributed by atoms with van der Waals surface area (Å²) < 4.78 is 31.7. The van der Waals surface area contributed by atoms with Crippen molar-refractivity contribution in [1.82, 2.24) is 15.5 Å². The topological polar surface area (TPSA) is 159 Å². The number of carboxylic acid groups (broad SMARTS) is 1. The maximum atomic E-state index is 12.0. The number of amides is 4. The summed E-state index contributed by atoms with van der Waals surface area (Å²) in [5.41, 5.74) is 5.43. The quantitative estimate of drug-likeness (QED) is 0.417. The van der Waals surface area contributed by atoms with E-state index in [4.69, 9.17) is 15.6 Å². The van der Waals surface area contributed by atoms with Gasteiger partial charge in [-0.15, -0.1) is 0 Å². The number of piperidine rings is 1. The molecule has 1 saturated heterocycles. The second kappa shape index (κ2) is 8.42. The average Bonchev–Trinajstić information content (AvgIpc) is 2.80. The zero-order valence-electron chi connectivity index (χ0n) is 13.1. The molecule has 5 N–H and O–H groups in total. The van der Waals surface area contributed by atoms with Crippen molar-refractivity contribution in [3.63, 3.8) is 0 Å². The summed E-state index contributed by atoms with van der Waals surface area (Å²) in [6.45, 7) is 0.672. The number of nitrogens with one attached hydrogen (secondary N) is 2. The standard InChI is InChI=1S/C11H14N4O4.C2HF3O2/c12-3-4-13-6-5-9(17)15(11(6)19)7-1-2-8(16)14-10(7)18;3-2(4,5)1(6)7/h5,7,13H,1-4,12H2,(H,14,16,18);(H,6,7). The van der Waals surface area contributed by atoms with Crippen molar-refractivity contribution in [3.8, 4) is 0 Å². The van der Waals surface area contributed by atoms with E-state index >= 15 is 0 Å². The number of hydrogen-bond donors (Lipinski definition) is 4. The SMILES string of the molecule is NCCNC1=CC(=O)N(C2CCC(=O)NC2=O)C1=O.O=C(O)C(F)(F)F. The van der Waals surface area contributed by atoms with E-state index in [9.17, 15) is 32.3 Å². The number of alkyl halides is 3. The molecule has 0 aromatic carbocycles. The van der Waals surface area contributed by atoms with E-state index in [1.807, 2.05) is 0 Å². The first-order chi connectivity index (χ1) is 12.0. The lowest BCUT2D eigenvalue weighted by Gasteiger charge is -2.28. The van der Waals surface area contributed by atoms with E-state index in [2.05, 4.69) is 10.6 Å². The molecule has 2 heterocycles. The van der Waals surface area contributed by atoms with Crippen LogP contribution in [-0.2, 0) is 24.0 Å². The first-order valence-electron chi connectivity index (χ1n) is 7.16. The van der Waals surface area contributed by atoms with Crippen LogP contribution < -0.4 is 16.4 Å². The highest BCUT2D eigenvalue weighted by atomic mass is 19.4. The van der Waals surface area contributed by atoms with Gasteiger partial charge in [-0.3, -0.25) is 29.4 Å². The van der Waals surface area contributed by atoms with Gasteiger partial charge in [0.1, 0.15) is 11.7 Å². The molecule has 26 heavy (non-hydrogen) atoms. The Hall–Kier alpha value is -2.96. The Morgan fingerprint density at radius 3 is 2.38 bits per heavy atom. The molecule has 144 valence electrons. The fraction of sp³-hybridized carbons (Fsp3) is 0.462. The molecule has 2 aliphatic rings. The summed E-state index contributed by atoms with van der Waals surface area (Å²) in [7, 11) is 0. The van der Waals surface area contributed by atoms with Crippen molar-refractivity contribution in [2.24, 2.45) is 5.73 Å². The van der Waals surface area contributed by atoms with Gasteiger partial charge in [-0.2, -0.15) is 13.2 Å². The zero-order chi connectivity index (χ0) is 20.1. The summed E-state index contributed by atoms with van der Waals surface area (Å²) >= 11 is 0. The second-order valence-electron chi connectivity index (χ2n) is 5.06. The van der Waals surface area contributed by atoms with Crippen LogP contribution in [0.3, 0.4) is 0 Å². The molecular formula is C13H15F3N4O6. The lowest BCUT2D eigenvalue weighted by Crippen LogP contribution is -2.54. The minimum Gasteiger partial charge on any atom is -0.475 e. The Labute approximate surface area is 144 Å². The molecule has 1 atom stereocenters. The average molecular weight is 380 g/mol. The van der Waals surface area contributed by atoms with E-state index < -0.39 is 41.8 Å². The normalized spacial score (nSPS) is 20.2. The third-order valence-corrected chi connectivity index (χ3v) is 3.18. The second-order valence-corrected chi connectivity index (χ2v) is 5.06. The molecule has 0 aromatic rings. The third-order valence-electron chi connectivity index (χ3n) is 3.18. The monoisotopic (exact) mass is 380 g/mol. The number of nitrogens with two attached hydrogens (primary N) is 1. The van der Waals surface area contributed by atoms with Gasteiger partial charge < -0.3 is 16.2 Å². The lowest BCUT2D eigenvalue weighted by atomic mass is 10.0. The number of hydrogen-bond acceptors (Lipinski definition) is 7. The number of carbonyl (C=O) groups is 5. The van der Waals surface area contributed by atoms with Gasteiger partial charge in [-0.1, -0.05) is 0 Å². The van der Waals surface area contributed by atoms with Crippen molar-refractivity contribution >= 4 is 29.6 Å². The van der Waals surface area contributed by atoms with Gasteiger partial charge in [0.15, 0.2) is 0 Å². The lowest BCUT2D eigenvalue weighted by molar-refractivity contribution is -0.192. The number of imide groups is 2. The molecule has 10 nitrogen and oxygen atoms in total. The summed E-state index contributed by atoms with van der Waals surface area (Å²) in [5.74, 6) is -4.89. The van der Waals surface area contributed by atoms with Crippen LogP contribution in [0.25, 0.3) is 0 Å². The minimum atomic E-state index is -5.08. The molecule has 0 spiro atoms. The Kier molecular flexibility index (Phi) is 6.83. The predicted octanol–water partition coefficient (Wildman–Crippen LogP) is -1.77. The maximum absolute atomic E-state index is 12.0. The van der Waals surface area contributed by atoms with Crippen molar-refractivity contribution in [2.45, 2.75) is 25.1 Å². The fourth-order valence-corrected chi connectivity index (χ4v) is 2.04. The molecule has 0 radical (unpaired) electrons. The minimum absolute atomic E-state index is 0.110. The molecule has 2 rings (SSSR count). The van der Waals surface area contributed by atoms with Crippen LogP contribution in [0.4, 0.5) is 13.2 Å². The molecule has 0 bridgehead atoms. The smallest absolute Gasteiger partial charge is 0.475 e. The number of carbonyl (C=O) groups excluding carboxylic acids is 4. The van der Waals surface area contributed by atoms with Crippen LogP contribution in [-0.4, -0.2) is 64.9 Å². The van der Waals surface area contributed by atoms with Gasteiger partial charge in [0.2, 0.25) is 11.8 Å². The summed E-state index contributed by atoms with van der Waals surface area (Å²) in [5, 5.41) is 12.0. The van der Waals surface area contributed by atoms with E-state index in [1.165, 1.54) is 0 Å². The van der Waals surface area contributed by atoms with Gasteiger partial charge in [0.25, 0.3) is 11.8 Å². The zero-order valence-corrected chi connectivity index (χ0v) is 13.1. The van der Waals surface area contributed by atoms with Crippen molar-refractivity contribution in [3.05, 3.63) is 11.8 Å². The van der Waals surface area contributed by atoms with Gasteiger partial charge in [-0.25, -0.2) is 4.79 Å².